The molecule has 0 saturated carbocycles. The number of pyridine rings is 1. The van der Waals surface area contributed by atoms with Gasteiger partial charge in [0.1, 0.15) is 0 Å². The second-order valence-electron chi connectivity index (χ2n) is 4.83. The molecule has 1 rings (SSSR count). The molecule has 0 radical (unpaired) electrons. The largest absolute Gasteiger partial charge is 0.377 e. The Balaban J connectivity index is 3.35. The fraction of sp³-hybridized carbons (Fsp3) is 0.615. The van der Waals surface area contributed by atoms with Gasteiger partial charge in [-0.2, -0.15) is 0 Å². The molecule has 1 aromatic rings. The van der Waals surface area contributed by atoms with Crippen molar-refractivity contribution in [3.05, 3.63) is 23.5 Å². The van der Waals surface area contributed by atoms with Gasteiger partial charge in [0.05, 0.1) is 0 Å². The van der Waals surface area contributed by atoms with E-state index in [0.29, 0.717) is 11.8 Å². The van der Waals surface area contributed by atoms with Crippen LogP contribution in [-0.4, -0.2) is 19.1 Å². The molecule has 1 aromatic heterocycles. The standard InChI is InChI=1S/C13H22N2/c1-9(2)12-11(15(5)6)7-8-14-13(12)10(3)4/h7-10H,1-6H3. The molecule has 1 heterocycles. The maximum Gasteiger partial charge on any atom is 0.0484 e. The molecule has 0 aliphatic carbocycles. The zero-order chi connectivity index (χ0) is 11.6. The molecule has 84 valence electrons. The quantitative estimate of drug-likeness (QED) is 0.753. The minimum absolute atomic E-state index is 0.488. The maximum atomic E-state index is 4.52. The smallest absolute Gasteiger partial charge is 0.0484 e. The molecule has 2 heteroatoms. The number of nitrogens with zero attached hydrogens (tertiary/aromatic N) is 2. The molecule has 2 nitrogen and oxygen atoms in total. The minimum atomic E-state index is 0.488. The average molecular weight is 206 g/mol. The van der Waals surface area contributed by atoms with Crippen LogP contribution in [0.2, 0.25) is 0 Å². The number of hydrogen-bond acceptors (Lipinski definition) is 2. The van der Waals surface area contributed by atoms with Gasteiger partial charge in [-0.15, -0.1) is 0 Å². The molecule has 0 aliphatic heterocycles. The molecule has 0 fully saturated rings. The highest BCUT2D eigenvalue weighted by atomic mass is 15.1. The van der Waals surface area contributed by atoms with E-state index in [1.165, 1.54) is 16.9 Å². The normalized spacial score (nSPS) is 11.2. The summed E-state index contributed by atoms with van der Waals surface area (Å²) in [5, 5.41) is 0. The van der Waals surface area contributed by atoms with Gasteiger partial charge in [0.2, 0.25) is 0 Å². The van der Waals surface area contributed by atoms with Gasteiger partial charge in [0.15, 0.2) is 0 Å². The summed E-state index contributed by atoms with van der Waals surface area (Å²) in [5.74, 6) is 1.01. The van der Waals surface area contributed by atoms with Crippen LogP contribution in [-0.2, 0) is 0 Å². The Kier molecular flexibility index (Phi) is 3.72. The van der Waals surface area contributed by atoms with Crippen LogP contribution in [0.3, 0.4) is 0 Å². The van der Waals surface area contributed by atoms with Crippen LogP contribution in [0.25, 0.3) is 0 Å². The predicted molar refractivity (Wildman–Crippen MR) is 66.7 cm³/mol. The van der Waals surface area contributed by atoms with E-state index in [2.05, 4.69) is 57.7 Å². The Morgan fingerprint density at radius 3 is 2.07 bits per heavy atom. The molecule has 0 spiro atoms. The molecule has 0 N–H and O–H groups in total. The summed E-state index contributed by atoms with van der Waals surface area (Å²) in [4.78, 5) is 6.69. The second-order valence-corrected chi connectivity index (χ2v) is 4.83. The average Bonchev–Trinajstić information content (AvgIpc) is 2.16. The molecule has 0 aromatic carbocycles. The predicted octanol–water partition coefficient (Wildman–Crippen LogP) is 3.39. The van der Waals surface area contributed by atoms with Crippen molar-refractivity contribution >= 4 is 5.69 Å². The summed E-state index contributed by atoms with van der Waals surface area (Å²) in [6.07, 6.45) is 1.91. The lowest BCUT2D eigenvalue weighted by Gasteiger charge is -2.23. The van der Waals surface area contributed by atoms with Crippen LogP contribution < -0.4 is 4.90 Å². The Morgan fingerprint density at radius 1 is 1.07 bits per heavy atom. The molecule has 15 heavy (non-hydrogen) atoms. The van der Waals surface area contributed by atoms with Crippen LogP contribution in [0, 0.1) is 0 Å². The summed E-state index contributed by atoms with van der Waals surface area (Å²) < 4.78 is 0. The number of rotatable bonds is 3. The van der Waals surface area contributed by atoms with Gasteiger partial charge in [-0.05, 0) is 23.5 Å². The first-order valence-electron chi connectivity index (χ1n) is 5.61. The van der Waals surface area contributed by atoms with Crippen molar-refractivity contribution in [1.29, 1.82) is 0 Å². The SMILES string of the molecule is CC(C)c1nccc(N(C)C)c1C(C)C. The Labute approximate surface area is 93.3 Å². The van der Waals surface area contributed by atoms with E-state index in [1.807, 2.05) is 6.20 Å². The van der Waals surface area contributed by atoms with Crippen LogP contribution in [0.5, 0.6) is 0 Å². The Morgan fingerprint density at radius 2 is 1.67 bits per heavy atom. The fourth-order valence-corrected chi connectivity index (χ4v) is 1.92. The lowest BCUT2D eigenvalue weighted by molar-refractivity contribution is 0.754. The van der Waals surface area contributed by atoms with Crippen molar-refractivity contribution in [2.75, 3.05) is 19.0 Å². The third kappa shape index (κ3) is 2.49. The zero-order valence-corrected chi connectivity index (χ0v) is 10.7. The molecule has 0 unspecified atom stereocenters. The molecule has 0 bridgehead atoms. The Bertz CT molecular complexity index is 301. The summed E-state index contributed by atoms with van der Waals surface area (Å²) >= 11 is 0. The summed E-state index contributed by atoms with van der Waals surface area (Å²) in [7, 11) is 4.18. The highest BCUT2D eigenvalue weighted by molar-refractivity contribution is 5.55. The van der Waals surface area contributed by atoms with E-state index in [9.17, 15) is 0 Å². The second kappa shape index (κ2) is 4.65. The van der Waals surface area contributed by atoms with Gasteiger partial charge in [-0.1, -0.05) is 27.7 Å². The first-order chi connectivity index (χ1) is 6.95. The first kappa shape index (κ1) is 12.0. The van der Waals surface area contributed by atoms with Gasteiger partial charge in [0.25, 0.3) is 0 Å². The molecular weight excluding hydrogens is 184 g/mol. The highest BCUT2D eigenvalue weighted by Crippen LogP contribution is 2.31. The van der Waals surface area contributed by atoms with Crippen molar-refractivity contribution in [2.45, 2.75) is 39.5 Å². The van der Waals surface area contributed by atoms with Crippen molar-refractivity contribution in [3.63, 3.8) is 0 Å². The molecule has 0 saturated heterocycles. The molecule has 0 aliphatic rings. The van der Waals surface area contributed by atoms with Gasteiger partial charge >= 0.3 is 0 Å². The first-order valence-corrected chi connectivity index (χ1v) is 5.61. The van der Waals surface area contributed by atoms with Gasteiger partial charge in [-0.3, -0.25) is 4.98 Å². The number of anilines is 1. The van der Waals surface area contributed by atoms with Crippen molar-refractivity contribution < 1.29 is 0 Å². The monoisotopic (exact) mass is 206 g/mol. The van der Waals surface area contributed by atoms with Gasteiger partial charge in [0, 0.05) is 31.7 Å². The maximum absolute atomic E-state index is 4.52. The number of hydrogen-bond donors (Lipinski definition) is 0. The van der Waals surface area contributed by atoms with E-state index < -0.39 is 0 Å². The lowest BCUT2D eigenvalue weighted by atomic mass is 9.93. The summed E-state index contributed by atoms with van der Waals surface area (Å²) in [5.41, 5.74) is 3.91. The van der Waals surface area contributed by atoms with Gasteiger partial charge in [-0.25, -0.2) is 0 Å². The van der Waals surface area contributed by atoms with Crippen LogP contribution in [0.1, 0.15) is 50.8 Å². The molecule has 0 atom stereocenters. The van der Waals surface area contributed by atoms with Crippen molar-refractivity contribution in [1.82, 2.24) is 4.98 Å². The number of aromatic nitrogens is 1. The van der Waals surface area contributed by atoms with Crippen LogP contribution in [0.4, 0.5) is 5.69 Å². The van der Waals surface area contributed by atoms with E-state index in [0.717, 1.165) is 0 Å². The van der Waals surface area contributed by atoms with Crippen LogP contribution in [0.15, 0.2) is 12.3 Å². The third-order valence-corrected chi connectivity index (χ3v) is 2.60. The van der Waals surface area contributed by atoms with E-state index in [4.69, 9.17) is 0 Å². The topological polar surface area (TPSA) is 16.1 Å². The van der Waals surface area contributed by atoms with Gasteiger partial charge < -0.3 is 4.90 Å². The van der Waals surface area contributed by atoms with E-state index >= 15 is 0 Å². The lowest BCUT2D eigenvalue weighted by Crippen LogP contribution is -2.14. The zero-order valence-electron chi connectivity index (χ0n) is 10.7. The Hall–Kier alpha value is -1.05. The molecule has 0 amide bonds. The minimum Gasteiger partial charge on any atom is -0.377 e. The van der Waals surface area contributed by atoms with E-state index in [1.54, 1.807) is 0 Å². The summed E-state index contributed by atoms with van der Waals surface area (Å²) in [6, 6.07) is 2.10. The molecular formula is C13H22N2. The van der Waals surface area contributed by atoms with Crippen LogP contribution >= 0.6 is 0 Å². The highest BCUT2D eigenvalue weighted by Gasteiger charge is 2.16. The fourth-order valence-electron chi connectivity index (χ4n) is 1.92. The van der Waals surface area contributed by atoms with Crippen molar-refractivity contribution in [2.24, 2.45) is 0 Å². The van der Waals surface area contributed by atoms with Crippen molar-refractivity contribution in [3.8, 4) is 0 Å². The third-order valence-electron chi connectivity index (χ3n) is 2.60. The summed E-state index contributed by atoms with van der Waals surface area (Å²) in [6.45, 7) is 8.87. The van der Waals surface area contributed by atoms with E-state index in [-0.39, 0.29) is 0 Å².